The normalized spacial score (nSPS) is 10.4. The van der Waals surface area contributed by atoms with Crippen LogP contribution in [0.2, 0.25) is 10.0 Å². The van der Waals surface area contributed by atoms with E-state index < -0.39 is 0 Å². The molecule has 0 radical (unpaired) electrons. The number of hydrogen-bond acceptors (Lipinski definition) is 3. The van der Waals surface area contributed by atoms with Crippen LogP contribution in [0.5, 0.6) is 0 Å². The lowest BCUT2D eigenvalue weighted by Gasteiger charge is -2.10. The van der Waals surface area contributed by atoms with Crippen molar-refractivity contribution >= 4 is 29.0 Å². The number of nitrogens with zero attached hydrogens (tertiary/aromatic N) is 2. The summed E-state index contributed by atoms with van der Waals surface area (Å²) in [6.45, 7) is 0. The molecule has 0 spiro atoms. The van der Waals surface area contributed by atoms with Gasteiger partial charge in [-0.15, -0.1) is 0 Å². The summed E-state index contributed by atoms with van der Waals surface area (Å²) in [5.74, 6) is 0.153. The molecule has 3 N–H and O–H groups in total. The largest absolute Gasteiger partial charge is 0.383 e. The Morgan fingerprint density at radius 1 is 1.14 bits per heavy atom. The first-order valence-electron chi connectivity index (χ1n) is 6.40. The Morgan fingerprint density at radius 3 is 2.64 bits per heavy atom. The number of benzene rings is 1. The van der Waals surface area contributed by atoms with Crippen LogP contribution in [-0.2, 0) is 0 Å². The number of nitrogen functional groups attached to an aromatic ring is 1. The second-order valence-electron chi connectivity index (χ2n) is 4.64. The lowest BCUT2D eigenvalue weighted by molar-refractivity contribution is 1.29. The zero-order chi connectivity index (χ0) is 15.7. The first-order chi connectivity index (χ1) is 10.6. The molecule has 22 heavy (non-hydrogen) atoms. The summed E-state index contributed by atoms with van der Waals surface area (Å²) in [6, 6.07) is 12.7. The minimum Gasteiger partial charge on any atom is -0.383 e. The zero-order valence-electron chi connectivity index (χ0n) is 11.3. The number of anilines is 1. The maximum absolute atomic E-state index is 9.33. The molecule has 2 aromatic heterocycles. The van der Waals surface area contributed by atoms with E-state index in [1.54, 1.807) is 30.5 Å². The standard InChI is InChI=1S/C16H10Cl2N4/c17-9-3-4-13(18)11(6-9)15-7-10(14-2-1-5-21-14)12(8-19)16(20)22-15/h1-7,21H,(H2,20,22). The van der Waals surface area contributed by atoms with Crippen molar-refractivity contribution in [2.45, 2.75) is 0 Å². The molecule has 108 valence electrons. The molecule has 0 bridgehead atoms. The number of nitrogens with two attached hydrogens (primary N) is 1. The van der Waals surface area contributed by atoms with Crippen molar-refractivity contribution in [2.24, 2.45) is 0 Å². The maximum Gasteiger partial charge on any atom is 0.142 e. The zero-order valence-corrected chi connectivity index (χ0v) is 12.8. The summed E-state index contributed by atoms with van der Waals surface area (Å²) in [5.41, 5.74) is 8.95. The average Bonchev–Trinajstić information content (AvgIpc) is 3.03. The van der Waals surface area contributed by atoms with Crippen molar-refractivity contribution in [1.82, 2.24) is 9.97 Å². The van der Waals surface area contributed by atoms with Crippen LogP contribution in [0, 0.1) is 11.3 Å². The molecule has 0 aliphatic heterocycles. The summed E-state index contributed by atoms with van der Waals surface area (Å²) in [6.07, 6.45) is 1.78. The molecule has 0 saturated carbocycles. The van der Waals surface area contributed by atoms with Gasteiger partial charge in [-0.1, -0.05) is 23.2 Å². The Bertz CT molecular complexity index is 880. The van der Waals surface area contributed by atoms with Gasteiger partial charge in [0, 0.05) is 28.0 Å². The number of aromatic nitrogens is 2. The van der Waals surface area contributed by atoms with E-state index in [1.807, 2.05) is 12.1 Å². The highest BCUT2D eigenvalue weighted by molar-refractivity contribution is 6.35. The highest BCUT2D eigenvalue weighted by atomic mass is 35.5. The van der Waals surface area contributed by atoms with Crippen molar-refractivity contribution in [2.75, 3.05) is 5.73 Å². The third-order valence-corrected chi connectivity index (χ3v) is 3.82. The van der Waals surface area contributed by atoms with Crippen molar-refractivity contribution in [3.05, 3.63) is 58.2 Å². The Labute approximate surface area is 137 Å². The van der Waals surface area contributed by atoms with Crippen LogP contribution in [0.1, 0.15) is 5.56 Å². The Kier molecular flexibility index (Phi) is 3.76. The predicted octanol–water partition coefficient (Wildman–Crippen LogP) is 4.50. The summed E-state index contributed by atoms with van der Waals surface area (Å²) in [7, 11) is 0. The SMILES string of the molecule is N#Cc1c(-c2ccc[nH]2)cc(-c2cc(Cl)ccc2Cl)nc1N. The number of halogens is 2. The van der Waals surface area contributed by atoms with E-state index >= 15 is 0 Å². The highest BCUT2D eigenvalue weighted by Gasteiger charge is 2.15. The van der Waals surface area contributed by atoms with Crippen LogP contribution in [0.3, 0.4) is 0 Å². The molecule has 0 amide bonds. The Morgan fingerprint density at radius 2 is 1.95 bits per heavy atom. The molecule has 0 aliphatic carbocycles. The van der Waals surface area contributed by atoms with Gasteiger partial charge in [0.15, 0.2) is 0 Å². The van der Waals surface area contributed by atoms with Gasteiger partial charge in [-0.25, -0.2) is 4.98 Å². The van der Waals surface area contributed by atoms with Gasteiger partial charge < -0.3 is 10.7 Å². The lowest BCUT2D eigenvalue weighted by Crippen LogP contribution is -2.00. The average molecular weight is 329 g/mol. The highest BCUT2D eigenvalue weighted by Crippen LogP contribution is 2.34. The second kappa shape index (κ2) is 5.72. The molecule has 3 aromatic rings. The molecule has 0 unspecified atom stereocenters. The van der Waals surface area contributed by atoms with Crippen molar-refractivity contribution < 1.29 is 0 Å². The maximum atomic E-state index is 9.33. The molecule has 0 atom stereocenters. The first-order valence-corrected chi connectivity index (χ1v) is 7.15. The van der Waals surface area contributed by atoms with Crippen LogP contribution >= 0.6 is 23.2 Å². The van der Waals surface area contributed by atoms with E-state index in [4.69, 9.17) is 28.9 Å². The van der Waals surface area contributed by atoms with Gasteiger partial charge in [0.1, 0.15) is 17.5 Å². The van der Waals surface area contributed by atoms with E-state index in [9.17, 15) is 5.26 Å². The molecular weight excluding hydrogens is 319 g/mol. The van der Waals surface area contributed by atoms with E-state index in [0.29, 0.717) is 32.4 Å². The Hall–Kier alpha value is -2.48. The molecule has 0 aliphatic rings. The number of H-pyrrole nitrogens is 1. The topological polar surface area (TPSA) is 78.5 Å². The van der Waals surface area contributed by atoms with Crippen LogP contribution in [0.25, 0.3) is 22.5 Å². The number of nitrogens with one attached hydrogen (secondary N) is 1. The molecule has 3 rings (SSSR count). The molecule has 0 fully saturated rings. The van der Waals surface area contributed by atoms with Gasteiger partial charge in [0.25, 0.3) is 0 Å². The molecule has 4 nitrogen and oxygen atoms in total. The van der Waals surface area contributed by atoms with Crippen molar-refractivity contribution in [3.63, 3.8) is 0 Å². The second-order valence-corrected chi connectivity index (χ2v) is 5.48. The quantitative estimate of drug-likeness (QED) is 0.726. The number of rotatable bonds is 2. The van der Waals surface area contributed by atoms with E-state index in [1.165, 1.54) is 0 Å². The van der Waals surface area contributed by atoms with Crippen molar-refractivity contribution in [3.8, 4) is 28.6 Å². The fraction of sp³-hybridized carbons (Fsp3) is 0. The molecule has 2 heterocycles. The summed E-state index contributed by atoms with van der Waals surface area (Å²) in [5, 5.41) is 10.4. The number of pyridine rings is 1. The third-order valence-electron chi connectivity index (χ3n) is 3.25. The number of hydrogen-bond donors (Lipinski definition) is 2. The number of aromatic amines is 1. The van der Waals surface area contributed by atoms with Gasteiger partial charge in [-0.3, -0.25) is 0 Å². The summed E-state index contributed by atoms with van der Waals surface area (Å²) >= 11 is 12.2. The minimum absolute atomic E-state index is 0.153. The fourth-order valence-corrected chi connectivity index (χ4v) is 2.61. The van der Waals surface area contributed by atoms with E-state index in [2.05, 4.69) is 16.0 Å². The van der Waals surface area contributed by atoms with Gasteiger partial charge in [-0.2, -0.15) is 5.26 Å². The smallest absolute Gasteiger partial charge is 0.142 e. The monoisotopic (exact) mass is 328 g/mol. The summed E-state index contributed by atoms with van der Waals surface area (Å²) < 4.78 is 0. The molecule has 1 aromatic carbocycles. The van der Waals surface area contributed by atoms with Gasteiger partial charge in [0.05, 0.1) is 10.7 Å². The van der Waals surface area contributed by atoms with Crippen LogP contribution in [0.4, 0.5) is 5.82 Å². The predicted molar refractivity (Wildman–Crippen MR) is 88.6 cm³/mol. The lowest BCUT2D eigenvalue weighted by atomic mass is 10.0. The molecular formula is C16H10Cl2N4. The first kappa shape index (κ1) is 14.5. The van der Waals surface area contributed by atoms with Gasteiger partial charge in [-0.05, 0) is 36.4 Å². The molecule has 0 saturated heterocycles. The Balaban J connectivity index is 2.27. The fourth-order valence-electron chi connectivity index (χ4n) is 2.22. The summed E-state index contributed by atoms with van der Waals surface area (Å²) in [4.78, 5) is 7.35. The third kappa shape index (κ3) is 2.52. The van der Waals surface area contributed by atoms with Crippen LogP contribution in [0.15, 0.2) is 42.6 Å². The van der Waals surface area contributed by atoms with Crippen molar-refractivity contribution in [1.29, 1.82) is 5.26 Å². The van der Waals surface area contributed by atoms with E-state index in [-0.39, 0.29) is 5.82 Å². The number of nitriles is 1. The van der Waals surface area contributed by atoms with E-state index in [0.717, 1.165) is 5.69 Å². The van der Waals surface area contributed by atoms with Crippen LogP contribution < -0.4 is 5.73 Å². The van der Waals surface area contributed by atoms with Gasteiger partial charge >= 0.3 is 0 Å². The van der Waals surface area contributed by atoms with Crippen LogP contribution in [-0.4, -0.2) is 9.97 Å². The van der Waals surface area contributed by atoms with Gasteiger partial charge in [0.2, 0.25) is 0 Å². The molecule has 6 heteroatoms. The minimum atomic E-state index is 0.153.